The summed E-state index contributed by atoms with van der Waals surface area (Å²) in [5.41, 5.74) is 0. The van der Waals surface area contributed by atoms with Crippen LogP contribution in [0.15, 0.2) is 12.3 Å². The van der Waals surface area contributed by atoms with Gasteiger partial charge in [0, 0.05) is 6.61 Å². The molecule has 0 rings (SSSR count). The van der Waals surface area contributed by atoms with E-state index in [9.17, 15) is 0 Å². The van der Waals surface area contributed by atoms with Crippen LogP contribution in [0, 0.1) is 0 Å². The highest BCUT2D eigenvalue weighted by Crippen LogP contribution is 2.10. The van der Waals surface area contributed by atoms with Gasteiger partial charge in [-0.2, -0.15) is 0 Å². The molecular weight excluding hydrogens is 236 g/mol. The van der Waals surface area contributed by atoms with Crippen LogP contribution in [0.2, 0.25) is 0 Å². The largest absolute Gasteiger partial charge is 0.496 e. The molecule has 0 bridgehead atoms. The fraction of sp³-hybridized carbons (Fsp3) is 0.882. The van der Waals surface area contributed by atoms with Crippen LogP contribution in [-0.2, 0) is 9.47 Å². The van der Waals surface area contributed by atoms with Gasteiger partial charge in [0.05, 0.1) is 6.61 Å². The predicted molar refractivity (Wildman–Crippen MR) is 83.4 cm³/mol. The summed E-state index contributed by atoms with van der Waals surface area (Å²) in [6.07, 6.45) is 13.6. The highest BCUT2D eigenvalue weighted by molar-refractivity contribution is 4.81. The van der Waals surface area contributed by atoms with E-state index in [1.165, 1.54) is 57.8 Å². The average molecular weight is 270 g/mol. The molecule has 2 heteroatoms. The molecule has 114 valence electrons. The maximum absolute atomic E-state index is 5.50. The van der Waals surface area contributed by atoms with E-state index >= 15 is 0 Å². The fourth-order valence-corrected chi connectivity index (χ4v) is 2.06. The number of unbranched alkanes of at least 4 members (excludes halogenated alkanes) is 9. The molecule has 0 aromatic heterocycles. The lowest BCUT2D eigenvalue weighted by Crippen LogP contribution is -2.02. The Morgan fingerprint density at radius 2 is 1.32 bits per heavy atom. The second-order valence-electron chi connectivity index (χ2n) is 5.21. The van der Waals surface area contributed by atoms with E-state index < -0.39 is 0 Å². The minimum absolute atomic E-state index is 0.536. The van der Waals surface area contributed by atoms with Crippen LogP contribution in [0.5, 0.6) is 0 Å². The molecule has 0 radical (unpaired) electrons. The van der Waals surface area contributed by atoms with Crippen molar-refractivity contribution in [2.24, 2.45) is 0 Å². The van der Waals surface area contributed by atoms with Gasteiger partial charge in [-0.1, -0.05) is 71.3 Å². The summed E-state index contributed by atoms with van der Waals surface area (Å²) in [5.74, 6) is 0.762. The first kappa shape index (κ1) is 18.5. The summed E-state index contributed by atoms with van der Waals surface area (Å²) >= 11 is 0. The zero-order chi connectivity index (χ0) is 14.2. The van der Waals surface area contributed by atoms with Crippen molar-refractivity contribution in [3.8, 4) is 0 Å². The number of ether oxygens (including phenoxy) is 2. The van der Waals surface area contributed by atoms with Crippen molar-refractivity contribution in [2.45, 2.75) is 78.1 Å². The van der Waals surface area contributed by atoms with Crippen LogP contribution < -0.4 is 0 Å². The summed E-state index contributed by atoms with van der Waals surface area (Å²) in [6.45, 7) is 10.1. The normalized spacial score (nSPS) is 10.6. The van der Waals surface area contributed by atoms with Gasteiger partial charge in [0.2, 0.25) is 0 Å². The molecular formula is C17H34O2. The molecule has 0 aromatic rings. The molecule has 0 fully saturated rings. The molecule has 0 aromatic carbocycles. The van der Waals surface area contributed by atoms with Crippen LogP contribution in [0.3, 0.4) is 0 Å². The summed E-state index contributed by atoms with van der Waals surface area (Å²) in [4.78, 5) is 0. The fourth-order valence-electron chi connectivity index (χ4n) is 2.06. The standard InChI is InChI=1S/C17H34O2/c1-4-6-7-8-9-10-11-12-13-14-15-19-17(3)16-18-5-2/h3-16H2,1-2H3. The van der Waals surface area contributed by atoms with E-state index in [2.05, 4.69) is 13.5 Å². The van der Waals surface area contributed by atoms with Gasteiger partial charge in [-0.05, 0) is 13.3 Å². The van der Waals surface area contributed by atoms with E-state index in [0.717, 1.165) is 25.4 Å². The van der Waals surface area contributed by atoms with Gasteiger partial charge in [-0.15, -0.1) is 0 Å². The Kier molecular flexibility index (Phi) is 15.1. The maximum atomic E-state index is 5.50. The summed E-state index contributed by atoms with van der Waals surface area (Å²) in [7, 11) is 0. The molecule has 19 heavy (non-hydrogen) atoms. The minimum Gasteiger partial charge on any atom is -0.496 e. The zero-order valence-corrected chi connectivity index (χ0v) is 13.2. The Morgan fingerprint density at radius 3 is 1.84 bits per heavy atom. The third kappa shape index (κ3) is 15.4. The van der Waals surface area contributed by atoms with Gasteiger partial charge < -0.3 is 9.47 Å². The second-order valence-corrected chi connectivity index (χ2v) is 5.21. The summed E-state index contributed by atoms with van der Waals surface area (Å²) in [6, 6.07) is 0. The Balaban J connectivity index is 3.04. The van der Waals surface area contributed by atoms with Crippen molar-refractivity contribution < 1.29 is 9.47 Å². The predicted octanol–water partition coefficient (Wildman–Crippen LogP) is 5.47. The molecule has 0 spiro atoms. The summed E-state index contributed by atoms with van der Waals surface area (Å²) < 4.78 is 10.7. The van der Waals surface area contributed by atoms with E-state index in [0.29, 0.717) is 6.61 Å². The zero-order valence-electron chi connectivity index (χ0n) is 13.2. The highest BCUT2D eigenvalue weighted by atomic mass is 16.5. The first-order valence-corrected chi connectivity index (χ1v) is 8.19. The first-order chi connectivity index (χ1) is 9.31. The first-order valence-electron chi connectivity index (χ1n) is 8.19. The van der Waals surface area contributed by atoms with Gasteiger partial charge in [0.25, 0.3) is 0 Å². The van der Waals surface area contributed by atoms with Gasteiger partial charge in [0.1, 0.15) is 12.4 Å². The van der Waals surface area contributed by atoms with E-state index in [4.69, 9.17) is 9.47 Å². The Bertz CT molecular complexity index is 190. The monoisotopic (exact) mass is 270 g/mol. The quantitative estimate of drug-likeness (QED) is 0.290. The smallest absolute Gasteiger partial charge is 0.114 e. The molecule has 0 atom stereocenters. The van der Waals surface area contributed by atoms with Crippen molar-refractivity contribution in [3.63, 3.8) is 0 Å². The second kappa shape index (κ2) is 15.6. The Hall–Kier alpha value is -0.500. The van der Waals surface area contributed by atoms with Crippen molar-refractivity contribution in [1.29, 1.82) is 0 Å². The van der Waals surface area contributed by atoms with Gasteiger partial charge >= 0.3 is 0 Å². The van der Waals surface area contributed by atoms with E-state index in [1.54, 1.807) is 0 Å². The lowest BCUT2D eigenvalue weighted by molar-refractivity contribution is 0.104. The van der Waals surface area contributed by atoms with Crippen molar-refractivity contribution in [1.82, 2.24) is 0 Å². The Morgan fingerprint density at radius 1 is 0.789 bits per heavy atom. The number of hydrogen-bond donors (Lipinski definition) is 0. The van der Waals surface area contributed by atoms with Gasteiger partial charge in [-0.3, -0.25) is 0 Å². The third-order valence-corrected chi connectivity index (χ3v) is 3.27. The van der Waals surface area contributed by atoms with Crippen LogP contribution in [0.1, 0.15) is 78.1 Å². The van der Waals surface area contributed by atoms with Crippen LogP contribution in [-0.4, -0.2) is 19.8 Å². The lowest BCUT2D eigenvalue weighted by atomic mass is 10.1. The van der Waals surface area contributed by atoms with Crippen LogP contribution in [0.25, 0.3) is 0 Å². The van der Waals surface area contributed by atoms with Gasteiger partial charge in [-0.25, -0.2) is 0 Å². The van der Waals surface area contributed by atoms with Gasteiger partial charge in [0.15, 0.2) is 0 Å². The maximum Gasteiger partial charge on any atom is 0.114 e. The van der Waals surface area contributed by atoms with Crippen LogP contribution in [0.4, 0.5) is 0 Å². The summed E-state index contributed by atoms with van der Waals surface area (Å²) in [5, 5.41) is 0. The van der Waals surface area contributed by atoms with E-state index in [1.807, 2.05) is 6.92 Å². The molecule has 0 aliphatic rings. The SMILES string of the molecule is C=C(COCC)OCCCCCCCCCCCC. The van der Waals surface area contributed by atoms with Crippen LogP contribution >= 0.6 is 0 Å². The molecule has 0 saturated carbocycles. The highest BCUT2D eigenvalue weighted by Gasteiger charge is 1.96. The molecule has 0 saturated heterocycles. The topological polar surface area (TPSA) is 18.5 Å². The number of hydrogen-bond acceptors (Lipinski definition) is 2. The molecule has 0 aliphatic carbocycles. The molecule has 0 heterocycles. The Labute approximate surface area is 120 Å². The minimum atomic E-state index is 0.536. The third-order valence-electron chi connectivity index (χ3n) is 3.27. The average Bonchev–Trinajstić information content (AvgIpc) is 2.42. The molecule has 0 amide bonds. The molecule has 0 N–H and O–H groups in total. The van der Waals surface area contributed by atoms with Crippen molar-refractivity contribution >= 4 is 0 Å². The van der Waals surface area contributed by atoms with Crippen molar-refractivity contribution in [3.05, 3.63) is 12.3 Å². The lowest BCUT2D eigenvalue weighted by Gasteiger charge is -2.08. The molecule has 0 unspecified atom stereocenters. The molecule has 2 nitrogen and oxygen atoms in total. The molecule has 0 aliphatic heterocycles. The van der Waals surface area contributed by atoms with Crippen molar-refractivity contribution in [2.75, 3.05) is 19.8 Å². The number of rotatable bonds is 15. The van der Waals surface area contributed by atoms with E-state index in [-0.39, 0.29) is 0 Å².